The van der Waals surface area contributed by atoms with Crippen molar-refractivity contribution in [3.05, 3.63) is 136 Å². The van der Waals surface area contributed by atoms with E-state index in [1.54, 1.807) is 6.07 Å². The van der Waals surface area contributed by atoms with Gasteiger partial charge in [-0.2, -0.15) is 0 Å². The van der Waals surface area contributed by atoms with E-state index in [2.05, 4.69) is 78.9 Å². The van der Waals surface area contributed by atoms with Crippen molar-refractivity contribution in [2.45, 2.75) is 96.0 Å². The molecule has 0 bridgehead atoms. The lowest BCUT2D eigenvalue weighted by molar-refractivity contribution is -0.137. The maximum Gasteiger partial charge on any atom is 0.335 e. The van der Waals surface area contributed by atoms with Gasteiger partial charge in [0.15, 0.2) is 0 Å². The van der Waals surface area contributed by atoms with Crippen LogP contribution in [0, 0.1) is 5.92 Å². The third-order valence-corrected chi connectivity index (χ3v) is 9.75. The molecular weight excluding hydrogens is 584 g/mol. The normalized spacial score (nSPS) is 14.9. The summed E-state index contributed by atoms with van der Waals surface area (Å²) >= 11 is 0. The SMILES string of the molecule is O=C(O)CCCCCC(CCc1ccccc1OCc1ccc(CCc2ccccc2)cc1)C1CCCCc2cc(C(=O)O)ccc21. The lowest BCUT2D eigenvalue weighted by atomic mass is 9.76. The van der Waals surface area contributed by atoms with Crippen LogP contribution in [0.15, 0.2) is 97.1 Å². The first kappa shape index (κ1) is 34.0. The van der Waals surface area contributed by atoms with Gasteiger partial charge in [-0.1, -0.05) is 98.1 Å². The topological polar surface area (TPSA) is 83.8 Å². The molecule has 0 fully saturated rings. The Morgan fingerprint density at radius 1 is 0.723 bits per heavy atom. The predicted molar refractivity (Wildman–Crippen MR) is 187 cm³/mol. The first-order chi connectivity index (χ1) is 23.0. The fraction of sp³-hybridized carbons (Fsp3) is 0.381. The van der Waals surface area contributed by atoms with Gasteiger partial charge >= 0.3 is 11.9 Å². The molecule has 5 nitrogen and oxygen atoms in total. The van der Waals surface area contributed by atoms with Crippen molar-refractivity contribution in [3.63, 3.8) is 0 Å². The van der Waals surface area contributed by atoms with Gasteiger partial charge < -0.3 is 14.9 Å². The van der Waals surface area contributed by atoms with E-state index >= 15 is 0 Å². The molecule has 0 aromatic heterocycles. The molecule has 2 atom stereocenters. The Kier molecular flexibility index (Phi) is 12.7. The standard InChI is InChI=1S/C42H48O5/c43-41(44)18-6-2-5-13-34(38-16-9-7-15-36-29-37(42(45)46)27-28-39(36)38)25-26-35-14-8-10-17-40(35)47-30-33-23-21-32(22-24-33)20-19-31-11-3-1-4-12-31/h1,3-4,8,10-12,14,17,21-24,27-29,34,38H,2,5-7,9,13,15-16,18-20,25-26,30H2,(H,43,44)(H,45,46). The lowest BCUT2D eigenvalue weighted by Gasteiger charge is -2.29. The third kappa shape index (κ3) is 10.3. The average Bonchev–Trinajstić information content (AvgIpc) is 3.31. The molecule has 5 heteroatoms. The van der Waals surface area contributed by atoms with Crippen molar-refractivity contribution in [1.82, 2.24) is 0 Å². The minimum atomic E-state index is -0.876. The van der Waals surface area contributed by atoms with E-state index in [-0.39, 0.29) is 6.42 Å². The van der Waals surface area contributed by atoms with Gasteiger partial charge in [0, 0.05) is 6.42 Å². The second kappa shape index (κ2) is 17.5. The number of aliphatic carboxylic acids is 1. The van der Waals surface area contributed by atoms with Crippen LogP contribution in [0.2, 0.25) is 0 Å². The second-order valence-corrected chi connectivity index (χ2v) is 13.1. The highest BCUT2D eigenvalue weighted by molar-refractivity contribution is 5.88. The number of benzene rings is 4. The van der Waals surface area contributed by atoms with Crippen LogP contribution in [0.4, 0.5) is 0 Å². The number of para-hydroxylation sites is 1. The number of rotatable bonds is 17. The monoisotopic (exact) mass is 632 g/mol. The fourth-order valence-corrected chi connectivity index (χ4v) is 7.14. The van der Waals surface area contributed by atoms with Crippen molar-refractivity contribution in [2.75, 3.05) is 0 Å². The van der Waals surface area contributed by atoms with Crippen LogP contribution in [0.1, 0.15) is 107 Å². The average molecular weight is 633 g/mol. The molecule has 0 spiro atoms. The van der Waals surface area contributed by atoms with Crippen LogP contribution in [-0.4, -0.2) is 22.2 Å². The predicted octanol–water partition coefficient (Wildman–Crippen LogP) is 9.84. The van der Waals surface area contributed by atoms with E-state index in [0.29, 0.717) is 30.4 Å². The quantitative estimate of drug-likeness (QED) is 0.0894. The molecule has 4 aromatic carbocycles. The van der Waals surface area contributed by atoms with Gasteiger partial charge in [-0.05, 0) is 121 Å². The van der Waals surface area contributed by atoms with Crippen LogP contribution in [-0.2, 0) is 37.1 Å². The van der Waals surface area contributed by atoms with Crippen LogP contribution in [0.3, 0.4) is 0 Å². The highest BCUT2D eigenvalue weighted by Crippen LogP contribution is 2.41. The van der Waals surface area contributed by atoms with Gasteiger partial charge in [0.2, 0.25) is 0 Å². The van der Waals surface area contributed by atoms with Crippen LogP contribution < -0.4 is 4.74 Å². The lowest BCUT2D eigenvalue weighted by Crippen LogP contribution is -2.16. The first-order valence-corrected chi connectivity index (χ1v) is 17.4. The van der Waals surface area contributed by atoms with Crippen LogP contribution in [0.5, 0.6) is 5.75 Å². The summed E-state index contributed by atoms with van der Waals surface area (Å²) in [5, 5.41) is 18.7. The zero-order valence-electron chi connectivity index (χ0n) is 27.4. The summed E-state index contributed by atoms with van der Waals surface area (Å²) in [7, 11) is 0. The number of aromatic carboxylic acids is 1. The molecule has 0 saturated carbocycles. The largest absolute Gasteiger partial charge is 0.489 e. The van der Waals surface area contributed by atoms with Gasteiger partial charge in [0.25, 0.3) is 0 Å². The number of carboxylic acids is 2. The van der Waals surface area contributed by atoms with E-state index < -0.39 is 11.9 Å². The van der Waals surface area contributed by atoms with E-state index in [0.717, 1.165) is 81.9 Å². The summed E-state index contributed by atoms with van der Waals surface area (Å²) in [5.74, 6) is 0.101. The Bertz CT molecular complexity index is 1580. The maximum atomic E-state index is 11.7. The molecule has 47 heavy (non-hydrogen) atoms. The number of aryl methyl sites for hydroxylation is 4. The van der Waals surface area contributed by atoms with Gasteiger partial charge in [-0.3, -0.25) is 4.79 Å². The van der Waals surface area contributed by atoms with Crippen LogP contribution >= 0.6 is 0 Å². The van der Waals surface area contributed by atoms with Crippen molar-refractivity contribution in [1.29, 1.82) is 0 Å². The second-order valence-electron chi connectivity index (χ2n) is 13.1. The number of hydrogen-bond acceptors (Lipinski definition) is 3. The summed E-state index contributed by atoms with van der Waals surface area (Å²) in [4.78, 5) is 22.8. The fourth-order valence-electron chi connectivity index (χ4n) is 7.14. The highest BCUT2D eigenvalue weighted by atomic mass is 16.5. The molecule has 2 unspecified atom stereocenters. The van der Waals surface area contributed by atoms with Gasteiger partial charge in [0.1, 0.15) is 12.4 Å². The minimum Gasteiger partial charge on any atom is -0.489 e. The number of unbranched alkanes of at least 4 members (excludes halogenated alkanes) is 2. The van der Waals surface area contributed by atoms with Crippen molar-refractivity contribution in [2.24, 2.45) is 5.92 Å². The molecule has 0 heterocycles. The minimum absolute atomic E-state index is 0.218. The summed E-state index contributed by atoms with van der Waals surface area (Å²) < 4.78 is 6.41. The van der Waals surface area contributed by atoms with E-state index in [1.165, 1.54) is 27.8 Å². The van der Waals surface area contributed by atoms with Crippen LogP contribution in [0.25, 0.3) is 0 Å². The van der Waals surface area contributed by atoms with E-state index in [4.69, 9.17) is 9.84 Å². The maximum absolute atomic E-state index is 11.7. The molecule has 1 aliphatic rings. The molecule has 246 valence electrons. The Morgan fingerprint density at radius 3 is 2.21 bits per heavy atom. The smallest absolute Gasteiger partial charge is 0.335 e. The highest BCUT2D eigenvalue weighted by Gasteiger charge is 2.27. The molecule has 5 rings (SSSR count). The summed E-state index contributed by atoms with van der Waals surface area (Å²) in [5.41, 5.74) is 7.88. The van der Waals surface area contributed by atoms with Crippen molar-refractivity contribution >= 4 is 11.9 Å². The van der Waals surface area contributed by atoms with Gasteiger partial charge in [0.05, 0.1) is 5.56 Å². The third-order valence-electron chi connectivity index (χ3n) is 9.75. The van der Waals surface area contributed by atoms with E-state index in [9.17, 15) is 14.7 Å². The molecule has 0 aliphatic heterocycles. The molecule has 2 N–H and O–H groups in total. The molecule has 0 radical (unpaired) electrons. The van der Waals surface area contributed by atoms with Gasteiger partial charge in [-0.15, -0.1) is 0 Å². The Balaban J connectivity index is 1.24. The van der Waals surface area contributed by atoms with E-state index in [1.807, 2.05) is 12.1 Å². The Labute approximate surface area is 279 Å². The molecule has 1 aliphatic carbocycles. The van der Waals surface area contributed by atoms with Crippen molar-refractivity contribution in [3.8, 4) is 5.75 Å². The zero-order chi connectivity index (χ0) is 32.8. The number of fused-ring (bicyclic) bond motifs is 1. The molecular formula is C42H48O5. The zero-order valence-corrected chi connectivity index (χ0v) is 27.4. The summed E-state index contributed by atoms with van der Waals surface area (Å²) in [6, 6.07) is 33.4. The number of ether oxygens (including phenoxy) is 1. The summed E-state index contributed by atoms with van der Waals surface area (Å²) in [6.45, 7) is 0.519. The van der Waals surface area contributed by atoms with Crippen molar-refractivity contribution < 1.29 is 24.5 Å². The Morgan fingerprint density at radius 2 is 1.45 bits per heavy atom. The molecule has 0 saturated heterocycles. The Hall–Kier alpha value is -4.38. The molecule has 4 aromatic rings. The molecule has 0 amide bonds. The number of carbonyl (C=O) groups is 2. The number of hydrogen-bond donors (Lipinski definition) is 2. The number of carboxylic acid groups (broad SMARTS) is 2. The first-order valence-electron chi connectivity index (χ1n) is 17.4. The summed E-state index contributed by atoms with van der Waals surface area (Å²) in [6.07, 6.45) is 12.0. The van der Waals surface area contributed by atoms with Gasteiger partial charge in [-0.25, -0.2) is 4.79 Å².